The summed E-state index contributed by atoms with van der Waals surface area (Å²) in [6.07, 6.45) is 2.78. The molecule has 1 heterocycles. The Balaban J connectivity index is 1.84. The smallest absolute Gasteiger partial charge is 0.253 e. The molecule has 128 valence electrons. The number of amides is 1. The van der Waals surface area contributed by atoms with E-state index in [-0.39, 0.29) is 23.9 Å². The van der Waals surface area contributed by atoms with Gasteiger partial charge in [0.15, 0.2) is 0 Å². The lowest BCUT2D eigenvalue weighted by Gasteiger charge is -2.26. The lowest BCUT2D eigenvalue weighted by Crippen LogP contribution is -2.38. The van der Waals surface area contributed by atoms with Crippen LogP contribution in [-0.4, -0.2) is 27.7 Å². The van der Waals surface area contributed by atoms with Crippen molar-refractivity contribution in [2.24, 2.45) is 0 Å². The molecule has 0 spiro atoms. The van der Waals surface area contributed by atoms with Crippen LogP contribution in [0.2, 0.25) is 0 Å². The van der Waals surface area contributed by atoms with Crippen molar-refractivity contribution in [1.29, 1.82) is 0 Å². The molecule has 1 aromatic heterocycles. The van der Waals surface area contributed by atoms with E-state index < -0.39 is 0 Å². The molecule has 1 saturated carbocycles. The van der Waals surface area contributed by atoms with Crippen LogP contribution >= 0.6 is 0 Å². The largest absolute Gasteiger partial charge is 0.393 e. The molecule has 24 heavy (non-hydrogen) atoms. The van der Waals surface area contributed by atoms with Gasteiger partial charge < -0.3 is 15.0 Å². The van der Waals surface area contributed by atoms with Crippen LogP contribution in [-0.2, 0) is 0 Å². The number of para-hydroxylation sites is 1. The summed E-state index contributed by atoms with van der Waals surface area (Å²) in [6.45, 7) is 3.70. The number of hydrogen-bond acceptors (Lipinski definition) is 2. The van der Waals surface area contributed by atoms with Crippen molar-refractivity contribution < 1.29 is 14.3 Å². The molecule has 2 aromatic rings. The van der Waals surface area contributed by atoms with Gasteiger partial charge in [-0.2, -0.15) is 0 Å². The van der Waals surface area contributed by atoms with Gasteiger partial charge in [-0.05, 0) is 57.7 Å². The van der Waals surface area contributed by atoms with Crippen molar-refractivity contribution in [2.45, 2.75) is 51.7 Å². The number of hydrogen-bond donors (Lipinski definition) is 2. The minimum atomic E-state index is -0.312. The van der Waals surface area contributed by atoms with E-state index in [0.29, 0.717) is 11.3 Å². The van der Waals surface area contributed by atoms with E-state index in [0.717, 1.165) is 37.1 Å². The summed E-state index contributed by atoms with van der Waals surface area (Å²) in [7, 11) is 0. The van der Waals surface area contributed by atoms with Crippen LogP contribution in [0.5, 0.6) is 0 Å². The third-order valence-corrected chi connectivity index (χ3v) is 4.80. The van der Waals surface area contributed by atoms with Crippen LogP contribution in [0.3, 0.4) is 0 Å². The molecular weight excluding hydrogens is 307 g/mol. The first-order valence-electron chi connectivity index (χ1n) is 8.40. The maximum Gasteiger partial charge on any atom is 0.253 e. The topological polar surface area (TPSA) is 54.3 Å². The summed E-state index contributed by atoms with van der Waals surface area (Å²) in [5.74, 6) is -0.445. The van der Waals surface area contributed by atoms with E-state index >= 15 is 0 Å². The molecule has 1 amide bonds. The Morgan fingerprint density at radius 2 is 1.88 bits per heavy atom. The minimum absolute atomic E-state index is 0.0948. The van der Waals surface area contributed by atoms with Crippen molar-refractivity contribution in [3.63, 3.8) is 0 Å². The van der Waals surface area contributed by atoms with Gasteiger partial charge in [-0.1, -0.05) is 12.1 Å². The van der Waals surface area contributed by atoms with Gasteiger partial charge in [0.25, 0.3) is 5.91 Å². The van der Waals surface area contributed by atoms with Gasteiger partial charge in [-0.3, -0.25) is 4.79 Å². The lowest BCUT2D eigenvalue weighted by atomic mass is 9.93. The normalized spacial score (nSPS) is 20.8. The highest BCUT2D eigenvalue weighted by atomic mass is 19.1. The highest BCUT2D eigenvalue weighted by Crippen LogP contribution is 2.24. The second-order valence-electron chi connectivity index (χ2n) is 6.55. The Morgan fingerprint density at radius 3 is 2.54 bits per heavy atom. The number of rotatable bonds is 3. The zero-order valence-electron chi connectivity index (χ0n) is 14.1. The Labute approximate surface area is 141 Å². The lowest BCUT2D eigenvalue weighted by molar-refractivity contribution is 0.0867. The van der Waals surface area contributed by atoms with E-state index in [1.807, 2.05) is 13.8 Å². The van der Waals surface area contributed by atoms with Crippen LogP contribution in [0.25, 0.3) is 5.69 Å². The monoisotopic (exact) mass is 330 g/mol. The third-order valence-electron chi connectivity index (χ3n) is 4.80. The fraction of sp³-hybridized carbons (Fsp3) is 0.421. The van der Waals surface area contributed by atoms with Gasteiger partial charge in [0.1, 0.15) is 5.82 Å². The first-order valence-corrected chi connectivity index (χ1v) is 8.40. The van der Waals surface area contributed by atoms with E-state index in [1.54, 1.807) is 28.8 Å². The molecule has 0 unspecified atom stereocenters. The predicted octanol–water partition coefficient (Wildman–Crippen LogP) is 3.27. The number of aryl methyl sites for hydroxylation is 1. The van der Waals surface area contributed by atoms with Crippen molar-refractivity contribution in [3.8, 4) is 5.69 Å². The summed E-state index contributed by atoms with van der Waals surface area (Å²) >= 11 is 0. The van der Waals surface area contributed by atoms with Crippen LogP contribution < -0.4 is 5.32 Å². The highest BCUT2D eigenvalue weighted by molar-refractivity contribution is 5.96. The summed E-state index contributed by atoms with van der Waals surface area (Å²) < 4.78 is 15.9. The van der Waals surface area contributed by atoms with Crippen LogP contribution in [0.1, 0.15) is 47.4 Å². The van der Waals surface area contributed by atoms with Gasteiger partial charge in [0, 0.05) is 17.4 Å². The number of nitrogens with zero attached hydrogens (tertiary/aromatic N) is 1. The number of carbonyl (C=O) groups is 1. The molecule has 1 aliphatic carbocycles. The van der Waals surface area contributed by atoms with Crippen LogP contribution in [0.15, 0.2) is 30.3 Å². The fourth-order valence-electron chi connectivity index (χ4n) is 3.48. The van der Waals surface area contributed by atoms with Crippen molar-refractivity contribution in [3.05, 3.63) is 53.1 Å². The first-order chi connectivity index (χ1) is 11.5. The van der Waals surface area contributed by atoms with Crippen LogP contribution in [0, 0.1) is 19.7 Å². The van der Waals surface area contributed by atoms with E-state index in [9.17, 15) is 14.3 Å². The van der Waals surface area contributed by atoms with Crippen LogP contribution in [0.4, 0.5) is 4.39 Å². The Morgan fingerprint density at radius 1 is 1.21 bits per heavy atom. The molecular formula is C19H23FN2O2. The number of nitrogens with one attached hydrogen (secondary N) is 1. The Bertz CT molecular complexity index is 746. The van der Waals surface area contributed by atoms with E-state index in [4.69, 9.17) is 0 Å². The van der Waals surface area contributed by atoms with Gasteiger partial charge >= 0.3 is 0 Å². The maximum atomic E-state index is 14.1. The predicted molar refractivity (Wildman–Crippen MR) is 90.9 cm³/mol. The van der Waals surface area contributed by atoms with Crippen molar-refractivity contribution >= 4 is 5.91 Å². The highest BCUT2D eigenvalue weighted by Gasteiger charge is 2.23. The molecule has 1 fully saturated rings. The molecule has 0 radical (unpaired) electrons. The summed E-state index contributed by atoms with van der Waals surface area (Å²) in [5, 5.41) is 12.6. The van der Waals surface area contributed by atoms with E-state index in [1.165, 1.54) is 6.07 Å². The van der Waals surface area contributed by atoms with Gasteiger partial charge in [0.05, 0.1) is 17.4 Å². The average Bonchev–Trinajstić information content (AvgIpc) is 2.85. The van der Waals surface area contributed by atoms with Crippen molar-refractivity contribution in [2.75, 3.05) is 0 Å². The number of aliphatic hydroxyl groups is 1. The first kappa shape index (κ1) is 16.7. The molecule has 3 rings (SSSR count). The molecule has 0 aliphatic heterocycles. The number of benzene rings is 1. The quantitative estimate of drug-likeness (QED) is 0.907. The standard InChI is InChI=1S/C19H23FN2O2/c1-12-11-16(19(24)21-14-7-9-15(23)10-8-14)13(2)22(12)18-6-4-3-5-17(18)20/h3-6,11,14-15,23H,7-10H2,1-2H3,(H,21,24). The minimum Gasteiger partial charge on any atom is -0.393 e. The fourth-order valence-corrected chi connectivity index (χ4v) is 3.48. The van der Waals surface area contributed by atoms with E-state index in [2.05, 4.69) is 5.32 Å². The molecule has 5 heteroatoms. The number of carbonyl (C=O) groups excluding carboxylic acids is 1. The number of aliphatic hydroxyl groups excluding tert-OH is 1. The maximum absolute atomic E-state index is 14.1. The Kier molecular flexibility index (Phi) is 4.71. The van der Waals surface area contributed by atoms with Gasteiger partial charge in [-0.25, -0.2) is 4.39 Å². The summed E-state index contributed by atoms with van der Waals surface area (Å²) in [6, 6.07) is 8.45. The zero-order chi connectivity index (χ0) is 17.3. The molecule has 1 aliphatic rings. The number of aromatic nitrogens is 1. The summed E-state index contributed by atoms with van der Waals surface area (Å²) in [4.78, 5) is 12.6. The van der Waals surface area contributed by atoms with Crippen molar-refractivity contribution in [1.82, 2.24) is 9.88 Å². The molecule has 0 bridgehead atoms. The van der Waals surface area contributed by atoms with Gasteiger partial charge in [0.2, 0.25) is 0 Å². The zero-order valence-corrected chi connectivity index (χ0v) is 14.1. The second kappa shape index (κ2) is 6.77. The Hall–Kier alpha value is -2.14. The SMILES string of the molecule is Cc1cc(C(=O)NC2CCC(O)CC2)c(C)n1-c1ccccc1F. The molecule has 0 atom stereocenters. The summed E-state index contributed by atoms with van der Waals surface area (Å²) in [5.41, 5.74) is 2.57. The molecule has 1 aromatic carbocycles. The number of halogens is 1. The van der Waals surface area contributed by atoms with Gasteiger partial charge in [-0.15, -0.1) is 0 Å². The third kappa shape index (κ3) is 3.22. The molecule has 0 saturated heterocycles. The molecule has 4 nitrogen and oxygen atoms in total. The second-order valence-corrected chi connectivity index (χ2v) is 6.55. The molecule has 2 N–H and O–H groups in total. The average molecular weight is 330 g/mol.